The van der Waals surface area contributed by atoms with Gasteiger partial charge in [0.2, 0.25) is 0 Å². The summed E-state index contributed by atoms with van der Waals surface area (Å²) < 4.78 is 26.0. The summed E-state index contributed by atoms with van der Waals surface area (Å²) in [5.41, 5.74) is 2.73. The van der Waals surface area contributed by atoms with E-state index in [4.69, 9.17) is 10.8 Å². The van der Waals surface area contributed by atoms with Gasteiger partial charge in [0.05, 0.1) is 12.0 Å². The SMILES string of the molecule is NC1(CO)C(F)(F)C12CCC2. The zero-order chi connectivity index (χ0) is 8.33. The molecule has 2 aliphatic carbocycles. The minimum atomic E-state index is -2.83. The molecular weight excluding hydrogens is 152 g/mol. The molecule has 11 heavy (non-hydrogen) atoms. The van der Waals surface area contributed by atoms with Crippen molar-refractivity contribution in [3.8, 4) is 0 Å². The molecule has 2 rings (SSSR count). The third-order valence-electron chi connectivity index (χ3n) is 3.41. The van der Waals surface area contributed by atoms with Gasteiger partial charge in [-0.1, -0.05) is 6.42 Å². The highest BCUT2D eigenvalue weighted by Gasteiger charge is 2.90. The number of aliphatic hydroxyl groups excluding tert-OH is 1. The summed E-state index contributed by atoms with van der Waals surface area (Å²) in [6.07, 6.45) is 1.75. The van der Waals surface area contributed by atoms with Gasteiger partial charge in [-0.25, -0.2) is 8.78 Å². The fourth-order valence-corrected chi connectivity index (χ4v) is 2.24. The van der Waals surface area contributed by atoms with E-state index in [9.17, 15) is 8.78 Å². The first kappa shape index (κ1) is 7.43. The van der Waals surface area contributed by atoms with Crippen LogP contribution in [-0.4, -0.2) is 23.2 Å². The summed E-state index contributed by atoms with van der Waals surface area (Å²) in [5, 5.41) is 8.70. The van der Waals surface area contributed by atoms with Crippen LogP contribution in [0.3, 0.4) is 0 Å². The van der Waals surface area contributed by atoms with Crippen molar-refractivity contribution in [1.82, 2.24) is 0 Å². The summed E-state index contributed by atoms with van der Waals surface area (Å²) in [6.45, 7) is -0.597. The molecule has 2 nitrogen and oxygen atoms in total. The summed E-state index contributed by atoms with van der Waals surface area (Å²) in [4.78, 5) is 0. The van der Waals surface area contributed by atoms with Gasteiger partial charge in [0.1, 0.15) is 5.54 Å². The lowest BCUT2D eigenvalue weighted by atomic mass is 9.78. The Kier molecular flexibility index (Phi) is 1.07. The average Bonchev–Trinajstić information content (AvgIpc) is 2.23. The van der Waals surface area contributed by atoms with Crippen molar-refractivity contribution >= 4 is 0 Å². The quantitative estimate of drug-likeness (QED) is 0.591. The fourth-order valence-electron chi connectivity index (χ4n) is 2.24. The molecule has 0 amide bonds. The number of nitrogens with two attached hydrogens (primary N) is 1. The third-order valence-corrected chi connectivity index (χ3v) is 3.41. The number of aliphatic hydroxyl groups is 1. The number of rotatable bonds is 1. The monoisotopic (exact) mass is 163 g/mol. The van der Waals surface area contributed by atoms with Crippen LogP contribution in [0.25, 0.3) is 0 Å². The van der Waals surface area contributed by atoms with Gasteiger partial charge in [-0.2, -0.15) is 0 Å². The van der Waals surface area contributed by atoms with E-state index >= 15 is 0 Å². The molecule has 1 unspecified atom stereocenters. The van der Waals surface area contributed by atoms with Crippen molar-refractivity contribution in [1.29, 1.82) is 0 Å². The Morgan fingerprint density at radius 2 is 1.91 bits per heavy atom. The number of halogens is 2. The summed E-state index contributed by atoms with van der Waals surface area (Å²) in [7, 11) is 0. The lowest BCUT2D eigenvalue weighted by Crippen LogP contribution is -2.39. The molecule has 0 aliphatic heterocycles. The Morgan fingerprint density at radius 1 is 1.36 bits per heavy atom. The molecule has 4 heteroatoms. The van der Waals surface area contributed by atoms with Crippen molar-refractivity contribution in [3.63, 3.8) is 0 Å². The summed E-state index contributed by atoms with van der Waals surface area (Å²) in [6, 6.07) is 0. The first-order valence-electron chi connectivity index (χ1n) is 3.79. The maximum Gasteiger partial charge on any atom is 0.276 e. The van der Waals surface area contributed by atoms with E-state index in [1.54, 1.807) is 0 Å². The second-order valence-corrected chi connectivity index (χ2v) is 3.64. The van der Waals surface area contributed by atoms with Crippen LogP contribution in [0.5, 0.6) is 0 Å². The first-order valence-corrected chi connectivity index (χ1v) is 3.79. The Morgan fingerprint density at radius 3 is 2.00 bits per heavy atom. The van der Waals surface area contributed by atoms with Gasteiger partial charge in [-0.05, 0) is 12.8 Å². The highest BCUT2D eigenvalue weighted by Crippen LogP contribution is 2.76. The van der Waals surface area contributed by atoms with E-state index in [1.165, 1.54) is 0 Å². The third kappa shape index (κ3) is 0.462. The van der Waals surface area contributed by atoms with Crippen molar-refractivity contribution in [2.45, 2.75) is 30.7 Å². The second kappa shape index (κ2) is 1.59. The standard InChI is InChI=1S/C7H11F2NO/c8-7(9)5(2-1-3-5)6(7,10)4-11/h11H,1-4,10H2. The topological polar surface area (TPSA) is 46.2 Å². The minimum absolute atomic E-state index is 0.469. The molecule has 2 aliphatic rings. The van der Waals surface area contributed by atoms with Gasteiger partial charge in [0.25, 0.3) is 5.92 Å². The molecule has 0 aromatic heterocycles. The van der Waals surface area contributed by atoms with Crippen molar-refractivity contribution in [2.24, 2.45) is 11.1 Å². The lowest BCUT2D eigenvalue weighted by molar-refractivity contribution is 0.0244. The van der Waals surface area contributed by atoms with Crippen molar-refractivity contribution < 1.29 is 13.9 Å². The van der Waals surface area contributed by atoms with Crippen molar-refractivity contribution in [3.05, 3.63) is 0 Å². The first-order chi connectivity index (χ1) is 5.02. The molecule has 1 atom stereocenters. The van der Waals surface area contributed by atoms with Gasteiger partial charge in [0.15, 0.2) is 0 Å². The number of hydrogen-bond acceptors (Lipinski definition) is 2. The van der Waals surface area contributed by atoms with Gasteiger partial charge in [-0.3, -0.25) is 0 Å². The van der Waals surface area contributed by atoms with Crippen LogP contribution in [0.2, 0.25) is 0 Å². The van der Waals surface area contributed by atoms with Crippen LogP contribution >= 0.6 is 0 Å². The normalized spacial score (nSPS) is 43.6. The molecule has 0 aromatic carbocycles. The lowest BCUT2D eigenvalue weighted by Gasteiger charge is -2.27. The molecule has 0 saturated heterocycles. The summed E-state index contributed by atoms with van der Waals surface area (Å²) >= 11 is 0. The number of hydrogen-bond donors (Lipinski definition) is 2. The van der Waals surface area contributed by atoms with Crippen LogP contribution < -0.4 is 5.73 Å². The number of alkyl halides is 2. The highest BCUT2D eigenvalue weighted by atomic mass is 19.3. The van der Waals surface area contributed by atoms with Crippen LogP contribution in [-0.2, 0) is 0 Å². The van der Waals surface area contributed by atoms with Gasteiger partial charge >= 0.3 is 0 Å². The van der Waals surface area contributed by atoms with Crippen LogP contribution in [0.4, 0.5) is 8.78 Å². The van der Waals surface area contributed by atoms with E-state index in [0.717, 1.165) is 6.42 Å². The predicted molar refractivity (Wildman–Crippen MR) is 35.2 cm³/mol. The van der Waals surface area contributed by atoms with Gasteiger partial charge in [0, 0.05) is 0 Å². The molecule has 0 heterocycles. The largest absolute Gasteiger partial charge is 0.394 e. The van der Waals surface area contributed by atoms with Gasteiger partial charge < -0.3 is 10.8 Å². The molecular formula is C7H11F2NO. The van der Waals surface area contributed by atoms with E-state index in [-0.39, 0.29) is 0 Å². The van der Waals surface area contributed by atoms with E-state index in [0.29, 0.717) is 12.8 Å². The maximum atomic E-state index is 13.0. The van der Waals surface area contributed by atoms with Gasteiger partial charge in [-0.15, -0.1) is 0 Å². The van der Waals surface area contributed by atoms with E-state index in [2.05, 4.69) is 0 Å². The van der Waals surface area contributed by atoms with E-state index in [1.807, 2.05) is 0 Å². The molecule has 0 bridgehead atoms. The fraction of sp³-hybridized carbons (Fsp3) is 1.00. The molecule has 0 aromatic rings. The Labute approximate surface area is 63.4 Å². The summed E-state index contributed by atoms with van der Waals surface area (Å²) in [5.74, 6) is -2.83. The molecule has 1 spiro atoms. The Bertz CT molecular complexity index is 191. The average molecular weight is 163 g/mol. The Hall–Kier alpha value is -0.220. The van der Waals surface area contributed by atoms with Crippen LogP contribution in [0, 0.1) is 5.41 Å². The van der Waals surface area contributed by atoms with Crippen LogP contribution in [0.15, 0.2) is 0 Å². The molecule has 3 N–H and O–H groups in total. The molecule has 2 fully saturated rings. The smallest absolute Gasteiger partial charge is 0.276 e. The Balaban J connectivity index is 2.28. The van der Waals surface area contributed by atoms with Crippen LogP contribution in [0.1, 0.15) is 19.3 Å². The zero-order valence-corrected chi connectivity index (χ0v) is 6.11. The van der Waals surface area contributed by atoms with Crippen molar-refractivity contribution in [2.75, 3.05) is 6.61 Å². The molecule has 2 saturated carbocycles. The zero-order valence-electron chi connectivity index (χ0n) is 6.11. The predicted octanol–water partition coefficient (Wildman–Crippen LogP) is 0.495. The maximum absolute atomic E-state index is 13.0. The molecule has 64 valence electrons. The van der Waals surface area contributed by atoms with E-state index < -0.39 is 23.5 Å². The molecule has 0 radical (unpaired) electrons. The highest BCUT2D eigenvalue weighted by molar-refractivity contribution is 5.36. The minimum Gasteiger partial charge on any atom is -0.394 e. The second-order valence-electron chi connectivity index (χ2n) is 3.64.